The molecule has 0 aromatic carbocycles. The summed E-state index contributed by atoms with van der Waals surface area (Å²) in [4.78, 5) is 11.8. The number of aryl methyl sites for hydroxylation is 1. The molecule has 0 fully saturated rings. The van der Waals surface area contributed by atoms with Gasteiger partial charge >= 0.3 is 0 Å². The quantitative estimate of drug-likeness (QED) is 0.825. The average Bonchev–Trinajstić information content (AvgIpc) is 2.03. The molecule has 0 unspecified atom stereocenters. The standard InChI is InChI=1S/C6H9N5.2Y/c1-4-9-5(7-2)11-6(8-3)10-4;;/h1-3H3;;/q-2;;. The molecule has 66 valence electrons. The van der Waals surface area contributed by atoms with Gasteiger partial charge in [-0.25, -0.2) is 0 Å². The Kier molecular flexibility index (Phi) is 10.2. The van der Waals surface area contributed by atoms with Crippen LogP contribution in [0.4, 0.5) is 11.9 Å². The van der Waals surface area contributed by atoms with Gasteiger partial charge in [0, 0.05) is 77.3 Å². The van der Waals surface area contributed by atoms with Crippen LogP contribution in [-0.4, -0.2) is 29.0 Å². The predicted molar refractivity (Wildman–Crippen MR) is 42.5 cm³/mol. The zero-order valence-corrected chi connectivity index (χ0v) is 13.6. The fraction of sp³-hybridized carbons (Fsp3) is 0.500. The minimum atomic E-state index is 0. The zero-order chi connectivity index (χ0) is 8.27. The minimum Gasteiger partial charge on any atom is -0.397 e. The third-order valence-electron chi connectivity index (χ3n) is 1.12. The summed E-state index contributed by atoms with van der Waals surface area (Å²) in [6.07, 6.45) is 0. The first-order chi connectivity index (χ1) is 5.26. The SMILES string of the molecule is C[N-]c1nc(C)nc([N-]C)n1.[Y].[Y]. The van der Waals surface area contributed by atoms with E-state index in [1.807, 2.05) is 0 Å². The second-order valence-electron chi connectivity index (χ2n) is 1.93. The summed E-state index contributed by atoms with van der Waals surface area (Å²) in [5.74, 6) is 1.50. The Hall–Kier alpha value is 0.818. The summed E-state index contributed by atoms with van der Waals surface area (Å²) in [6, 6.07) is 0. The summed E-state index contributed by atoms with van der Waals surface area (Å²) in [6.45, 7) is 1.78. The van der Waals surface area contributed by atoms with Crippen LogP contribution in [0.15, 0.2) is 0 Å². The van der Waals surface area contributed by atoms with Gasteiger partial charge in [-0.3, -0.25) is 0 Å². The van der Waals surface area contributed by atoms with Crippen LogP contribution in [0.2, 0.25) is 0 Å². The van der Waals surface area contributed by atoms with Gasteiger partial charge in [0.25, 0.3) is 0 Å². The van der Waals surface area contributed by atoms with E-state index in [4.69, 9.17) is 0 Å². The molecule has 0 atom stereocenters. The van der Waals surface area contributed by atoms with Crippen molar-refractivity contribution in [3.05, 3.63) is 16.5 Å². The van der Waals surface area contributed by atoms with Gasteiger partial charge in [0.1, 0.15) is 0 Å². The molecule has 0 saturated heterocycles. The molecule has 7 heteroatoms. The van der Waals surface area contributed by atoms with Crippen LogP contribution in [0.5, 0.6) is 0 Å². The minimum absolute atomic E-state index is 0. The van der Waals surface area contributed by atoms with Crippen molar-refractivity contribution < 1.29 is 65.4 Å². The predicted octanol–water partition coefficient (Wildman–Crippen LogP) is 1.45. The van der Waals surface area contributed by atoms with Crippen LogP contribution in [0.25, 0.3) is 10.6 Å². The summed E-state index contributed by atoms with van der Waals surface area (Å²) in [7, 11) is 3.27. The van der Waals surface area contributed by atoms with Crippen LogP contribution in [0.1, 0.15) is 5.82 Å². The van der Waals surface area contributed by atoms with Gasteiger partial charge in [-0.15, -0.1) is 0 Å². The van der Waals surface area contributed by atoms with Crippen molar-refractivity contribution >= 4 is 11.9 Å². The third-order valence-corrected chi connectivity index (χ3v) is 1.12. The van der Waals surface area contributed by atoms with Gasteiger partial charge in [-0.1, -0.05) is 0 Å². The molecule has 0 saturated carbocycles. The zero-order valence-electron chi connectivity index (χ0n) is 7.89. The smallest absolute Gasteiger partial charge is 0.0242 e. The largest absolute Gasteiger partial charge is 0.397 e. The number of aromatic nitrogens is 3. The molecule has 1 rings (SSSR count). The van der Waals surface area contributed by atoms with Gasteiger partial charge in [-0.05, 0) is 26.8 Å². The van der Waals surface area contributed by atoms with Crippen LogP contribution in [0.3, 0.4) is 0 Å². The normalized spacial score (nSPS) is 7.92. The number of hydrogen-bond acceptors (Lipinski definition) is 3. The first-order valence-corrected chi connectivity index (χ1v) is 3.18. The number of hydrogen-bond donors (Lipinski definition) is 0. The molecule has 1 aromatic rings. The van der Waals surface area contributed by atoms with Crippen molar-refractivity contribution in [1.82, 2.24) is 15.0 Å². The molecular formula is C6H9N5Y2-2. The van der Waals surface area contributed by atoms with Crippen LogP contribution in [-0.2, 0) is 65.4 Å². The number of nitrogens with zero attached hydrogens (tertiary/aromatic N) is 5. The van der Waals surface area contributed by atoms with E-state index in [1.54, 1.807) is 21.0 Å². The molecule has 0 spiro atoms. The Morgan fingerprint density at radius 2 is 1.23 bits per heavy atom. The molecule has 0 aliphatic heterocycles. The summed E-state index contributed by atoms with van der Waals surface area (Å²) in [5.41, 5.74) is 0. The first kappa shape index (κ1) is 16.3. The van der Waals surface area contributed by atoms with Crippen molar-refractivity contribution in [3.63, 3.8) is 0 Å². The molecule has 1 heterocycles. The number of rotatable bonds is 2. The summed E-state index contributed by atoms with van der Waals surface area (Å²) >= 11 is 0. The van der Waals surface area contributed by atoms with Gasteiger partial charge in [0.15, 0.2) is 0 Å². The topological polar surface area (TPSA) is 66.9 Å². The maximum atomic E-state index is 3.95. The fourth-order valence-electron chi connectivity index (χ4n) is 0.654. The molecule has 5 nitrogen and oxygen atoms in total. The molecule has 1 aromatic heterocycles. The van der Waals surface area contributed by atoms with Crippen molar-refractivity contribution in [2.45, 2.75) is 6.92 Å². The Labute approximate surface area is 128 Å². The van der Waals surface area contributed by atoms with E-state index in [2.05, 4.69) is 25.6 Å². The van der Waals surface area contributed by atoms with E-state index in [-0.39, 0.29) is 65.4 Å². The van der Waals surface area contributed by atoms with E-state index in [1.165, 1.54) is 0 Å². The van der Waals surface area contributed by atoms with Crippen LogP contribution >= 0.6 is 0 Å². The van der Waals surface area contributed by atoms with Crippen molar-refractivity contribution in [1.29, 1.82) is 0 Å². The monoisotopic (exact) mass is 329 g/mol. The second kappa shape index (κ2) is 8.15. The molecule has 2 radical (unpaired) electrons. The average molecular weight is 329 g/mol. The Bertz CT molecular complexity index is 233. The van der Waals surface area contributed by atoms with Gasteiger partial charge in [-0.2, -0.15) is 0 Å². The molecule has 0 amide bonds. The second-order valence-corrected chi connectivity index (χ2v) is 1.93. The maximum Gasteiger partial charge on any atom is 0.0242 e. The molecule has 13 heavy (non-hydrogen) atoms. The van der Waals surface area contributed by atoms with Crippen molar-refractivity contribution in [2.75, 3.05) is 14.1 Å². The molecule has 0 bridgehead atoms. The Morgan fingerprint density at radius 3 is 1.54 bits per heavy atom. The van der Waals surface area contributed by atoms with Gasteiger partial charge in [0.05, 0.1) is 0 Å². The first-order valence-electron chi connectivity index (χ1n) is 3.18. The molecule has 0 N–H and O–H groups in total. The van der Waals surface area contributed by atoms with Gasteiger partial charge < -0.3 is 25.6 Å². The van der Waals surface area contributed by atoms with E-state index in [9.17, 15) is 0 Å². The van der Waals surface area contributed by atoms with Crippen LogP contribution in [0, 0.1) is 6.92 Å². The Balaban J connectivity index is 0. The van der Waals surface area contributed by atoms with Gasteiger partial charge in [0.2, 0.25) is 0 Å². The maximum absolute atomic E-state index is 3.95. The third kappa shape index (κ3) is 5.30. The van der Waals surface area contributed by atoms with E-state index in [0.29, 0.717) is 17.7 Å². The van der Waals surface area contributed by atoms with Crippen molar-refractivity contribution in [2.24, 2.45) is 0 Å². The van der Waals surface area contributed by atoms with E-state index in [0.717, 1.165) is 0 Å². The van der Waals surface area contributed by atoms with E-state index >= 15 is 0 Å². The summed E-state index contributed by atoms with van der Waals surface area (Å²) in [5, 5.41) is 7.64. The Morgan fingerprint density at radius 1 is 0.846 bits per heavy atom. The van der Waals surface area contributed by atoms with E-state index < -0.39 is 0 Å². The van der Waals surface area contributed by atoms with Crippen LogP contribution < -0.4 is 0 Å². The molecular weight excluding hydrogens is 320 g/mol. The summed E-state index contributed by atoms with van der Waals surface area (Å²) < 4.78 is 0. The molecule has 0 aliphatic carbocycles. The van der Waals surface area contributed by atoms with Crippen molar-refractivity contribution in [3.8, 4) is 0 Å². The molecule has 0 aliphatic rings. The fourth-order valence-corrected chi connectivity index (χ4v) is 0.654.